The van der Waals surface area contributed by atoms with Gasteiger partial charge in [-0.1, -0.05) is 58.4 Å². The lowest BCUT2D eigenvalue weighted by Gasteiger charge is -2.25. The van der Waals surface area contributed by atoms with Gasteiger partial charge in [0.25, 0.3) is 0 Å². The number of aliphatic carboxylic acids is 1. The molecule has 1 aliphatic rings. The van der Waals surface area contributed by atoms with E-state index in [0.29, 0.717) is 24.3 Å². The van der Waals surface area contributed by atoms with Gasteiger partial charge in [0.05, 0.1) is 7.11 Å². The lowest BCUT2D eigenvalue weighted by Crippen LogP contribution is -2.19. The van der Waals surface area contributed by atoms with Crippen LogP contribution in [-0.2, 0) is 29.7 Å². The van der Waals surface area contributed by atoms with Gasteiger partial charge < -0.3 is 14.6 Å². The minimum absolute atomic E-state index is 0.0595. The highest BCUT2D eigenvalue weighted by atomic mass is 19.1. The molecule has 0 amide bonds. The number of hydrogen-bond acceptors (Lipinski definition) is 3. The van der Waals surface area contributed by atoms with Crippen molar-refractivity contribution in [2.75, 3.05) is 7.11 Å². The average Bonchev–Trinajstić information content (AvgIpc) is 3.23. The molecule has 0 heterocycles. The molecule has 0 saturated carbocycles. The van der Waals surface area contributed by atoms with Gasteiger partial charge in [-0.05, 0) is 94.7 Å². The normalized spacial score (nSPS) is 16.8. The molecule has 5 heteroatoms. The van der Waals surface area contributed by atoms with Crippen LogP contribution in [0.25, 0.3) is 11.1 Å². The Morgan fingerprint density at radius 1 is 1.05 bits per heavy atom. The van der Waals surface area contributed by atoms with Gasteiger partial charge in [0.15, 0.2) is 0 Å². The smallest absolute Gasteiger partial charge is 0.303 e. The van der Waals surface area contributed by atoms with Crippen molar-refractivity contribution in [2.45, 2.75) is 78.2 Å². The molecule has 1 atom stereocenters. The third-order valence-corrected chi connectivity index (χ3v) is 8.23. The maximum Gasteiger partial charge on any atom is 0.303 e. The third-order valence-electron chi connectivity index (χ3n) is 8.23. The fraction of sp³-hybridized carbons (Fsp3) is 0.424. The Kier molecular flexibility index (Phi) is 8.15. The molecule has 0 aromatic heterocycles. The van der Waals surface area contributed by atoms with E-state index in [1.54, 1.807) is 19.2 Å². The summed E-state index contributed by atoms with van der Waals surface area (Å²) in [7, 11) is 1.59. The summed E-state index contributed by atoms with van der Waals surface area (Å²) in [6.45, 7) is 9.19. The topological polar surface area (TPSA) is 55.8 Å². The lowest BCUT2D eigenvalue weighted by molar-refractivity contribution is -0.137. The Balaban J connectivity index is 1.60. The predicted octanol–water partition coefficient (Wildman–Crippen LogP) is 8.13. The van der Waals surface area contributed by atoms with Crippen LogP contribution in [0.4, 0.5) is 4.39 Å². The average molecular weight is 519 g/mol. The maximum absolute atomic E-state index is 14.9. The van der Waals surface area contributed by atoms with Crippen molar-refractivity contribution in [1.82, 2.24) is 0 Å². The van der Waals surface area contributed by atoms with Crippen molar-refractivity contribution in [3.63, 3.8) is 0 Å². The molecule has 1 N–H and O–H groups in total. The van der Waals surface area contributed by atoms with E-state index in [2.05, 4.69) is 45.9 Å². The first-order chi connectivity index (χ1) is 18.0. The van der Waals surface area contributed by atoms with Gasteiger partial charge in [-0.3, -0.25) is 4.79 Å². The van der Waals surface area contributed by atoms with E-state index in [4.69, 9.17) is 9.47 Å². The Labute approximate surface area is 225 Å². The fourth-order valence-corrected chi connectivity index (χ4v) is 5.40. The summed E-state index contributed by atoms with van der Waals surface area (Å²) >= 11 is 0. The number of aryl methyl sites for hydroxylation is 1. The molecular formula is C33H39FO4. The number of benzene rings is 3. The SMILES string of the molecule is CCC(C)(C)Cc1cc(COc2ccc3c(c2)[C@@](C)(CCC(=O)O)CC3)ccc1-c1cc(OC)ccc1F. The van der Waals surface area contributed by atoms with Gasteiger partial charge in [-0.2, -0.15) is 0 Å². The highest BCUT2D eigenvalue weighted by molar-refractivity contribution is 5.70. The number of fused-ring (bicyclic) bond motifs is 1. The van der Waals surface area contributed by atoms with Gasteiger partial charge in [-0.25, -0.2) is 4.39 Å². The van der Waals surface area contributed by atoms with Gasteiger partial charge in [0, 0.05) is 12.0 Å². The second-order valence-electron chi connectivity index (χ2n) is 11.6. The molecule has 3 aromatic carbocycles. The second kappa shape index (κ2) is 11.2. The van der Waals surface area contributed by atoms with Crippen LogP contribution in [0.15, 0.2) is 54.6 Å². The highest BCUT2D eigenvalue weighted by Gasteiger charge is 2.34. The number of carboxylic acids is 1. The Morgan fingerprint density at radius 2 is 1.82 bits per heavy atom. The zero-order valence-electron chi connectivity index (χ0n) is 23.2. The Morgan fingerprint density at radius 3 is 2.53 bits per heavy atom. The molecule has 1 aliphatic carbocycles. The van der Waals surface area contributed by atoms with Crippen LogP contribution in [0.2, 0.25) is 0 Å². The number of carbonyl (C=O) groups is 1. The first-order valence-corrected chi connectivity index (χ1v) is 13.5. The molecule has 0 fully saturated rings. The molecule has 0 unspecified atom stereocenters. The highest BCUT2D eigenvalue weighted by Crippen LogP contribution is 2.43. The molecule has 3 aromatic rings. The number of hydrogen-bond donors (Lipinski definition) is 1. The molecule has 4 rings (SSSR count). The van der Waals surface area contributed by atoms with Crippen molar-refractivity contribution >= 4 is 5.97 Å². The number of halogens is 1. The minimum atomic E-state index is -0.758. The van der Waals surface area contributed by atoms with E-state index in [-0.39, 0.29) is 23.1 Å². The zero-order valence-corrected chi connectivity index (χ0v) is 23.2. The summed E-state index contributed by atoms with van der Waals surface area (Å²) in [4.78, 5) is 11.2. The van der Waals surface area contributed by atoms with Crippen LogP contribution in [-0.4, -0.2) is 18.2 Å². The van der Waals surface area contributed by atoms with Gasteiger partial charge >= 0.3 is 5.97 Å². The number of rotatable bonds is 11. The van der Waals surface area contributed by atoms with Crippen LogP contribution >= 0.6 is 0 Å². The Hall–Kier alpha value is -3.34. The first-order valence-electron chi connectivity index (χ1n) is 13.5. The van der Waals surface area contributed by atoms with Crippen LogP contribution in [0.1, 0.15) is 75.6 Å². The van der Waals surface area contributed by atoms with E-state index in [0.717, 1.165) is 48.1 Å². The van der Waals surface area contributed by atoms with E-state index >= 15 is 0 Å². The van der Waals surface area contributed by atoms with Crippen molar-refractivity contribution in [3.05, 3.63) is 82.7 Å². The molecular weight excluding hydrogens is 479 g/mol. The maximum atomic E-state index is 14.9. The van der Waals surface area contributed by atoms with Crippen LogP contribution in [0.3, 0.4) is 0 Å². The second-order valence-corrected chi connectivity index (χ2v) is 11.6. The largest absolute Gasteiger partial charge is 0.497 e. The summed E-state index contributed by atoms with van der Waals surface area (Å²) < 4.78 is 26.5. The zero-order chi connectivity index (χ0) is 27.5. The van der Waals surface area contributed by atoms with Crippen LogP contribution in [0.5, 0.6) is 11.5 Å². The van der Waals surface area contributed by atoms with E-state index in [1.807, 2.05) is 18.2 Å². The van der Waals surface area contributed by atoms with E-state index in [9.17, 15) is 14.3 Å². The molecule has 202 valence electrons. The standard InChI is InChI=1S/C33H39FO4/c1-6-32(2,3)20-24-17-22(7-11-27(24)28-18-25(37-5)10-12-30(28)34)21-38-26-9-8-23-13-15-33(4,29(23)19-26)16-14-31(35)36/h7-12,17-19H,6,13-16,20-21H2,1-5H3,(H,35,36)/t33-/m1/s1. The summed E-state index contributed by atoms with van der Waals surface area (Å²) in [6.07, 6.45) is 4.52. The number of methoxy groups -OCH3 is 1. The van der Waals surface area contributed by atoms with Crippen LogP contribution in [0, 0.1) is 11.2 Å². The Bertz CT molecular complexity index is 1310. The summed E-state index contributed by atoms with van der Waals surface area (Å²) in [5.74, 6) is 0.382. The molecule has 0 spiro atoms. The van der Waals surface area contributed by atoms with Crippen molar-refractivity contribution in [1.29, 1.82) is 0 Å². The fourth-order valence-electron chi connectivity index (χ4n) is 5.40. The number of ether oxygens (including phenoxy) is 2. The molecule has 38 heavy (non-hydrogen) atoms. The van der Waals surface area contributed by atoms with Gasteiger partial charge in [0.1, 0.15) is 23.9 Å². The monoisotopic (exact) mass is 518 g/mol. The molecule has 0 bridgehead atoms. The summed E-state index contributed by atoms with van der Waals surface area (Å²) in [5, 5.41) is 9.19. The molecule has 4 nitrogen and oxygen atoms in total. The van der Waals surface area contributed by atoms with Gasteiger partial charge in [-0.15, -0.1) is 0 Å². The molecule has 0 aliphatic heterocycles. The quantitative estimate of drug-likeness (QED) is 0.278. The van der Waals surface area contributed by atoms with Crippen molar-refractivity contribution in [2.24, 2.45) is 5.41 Å². The van der Waals surface area contributed by atoms with E-state index < -0.39 is 5.97 Å². The predicted molar refractivity (Wildman–Crippen MR) is 149 cm³/mol. The summed E-state index contributed by atoms with van der Waals surface area (Å²) in [6, 6.07) is 17.2. The van der Waals surface area contributed by atoms with Crippen LogP contribution < -0.4 is 9.47 Å². The molecule has 0 saturated heterocycles. The van der Waals surface area contributed by atoms with E-state index in [1.165, 1.54) is 17.2 Å². The van der Waals surface area contributed by atoms with Crippen molar-refractivity contribution < 1.29 is 23.8 Å². The first kappa shape index (κ1) is 27.7. The molecule has 0 radical (unpaired) electrons. The number of carboxylic acid groups (broad SMARTS) is 1. The lowest BCUT2D eigenvalue weighted by atomic mass is 9.80. The van der Waals surface area contributed by atoms with Crippen molar-refractivity contribution in [3.8, 4) is 22.6 Å². The minimum Gasteiger partial charge on any atom is -0.497 e. The third kappa shape index (κ3) is 6.20. The van der Waals surface area contributed by atoms with Gasteiger partial charge in [0.2, 0.25) is 0 Å². The summed E-state index contributed by atoms with van der Waals surface area (Å²) in [5.41, 5.74) is 5.91.